The zero-order chi connectivity index (χ0) is 17.1. The third kappa shape index (κ3) is 3.52. The average Bonchev–Trinajstić information content (AvgIpc) is 2.98. The Morgan fingerprint density at radius 1 is 1.00 bits per heavy atom. The Bertz CT molecular complexity index is 676. The SMILES string of the molecule is Cc1ccc(C(=O)N2CCCN(C(=O)C3CCCC3)CC2)c(=O)[nH]1. The quantitative estimate of drug-likeness (QED) is 0.893. The van der Waals surface area contributed by atoms with E-state index >= 15 is 0 Å². The maximum atomic E-state index is 12.6. The molecule has 1 aliphatic heterocycles. The molecule has 1 N–H and O–H groups in total. The van der Waals surface area contributed by atoms with Crippen molar-refractivity contribution in [1.82, 2.24) is 14.8 Å². The van der Waals surface area contributed by atoms with Gasteiger partial charge in [-0.15, -0.1) is 0 Å². The summed E-state index contributed by atoms with van der Waals surface area (Å²) in [5, 5.41) is 0. The third-order valence-electron chi connectivity index (χ3n) is 5.08. The van der Waals surface area contributed by atoms with Gasteiger partial charge in [-0.1, -0.05) is 12.8 Å². The number of hydrogen-bond donors (Lipinski definition) is 1. The van der Waals surface area contributed by atoms with E-state index in [-0.39, 0.29) is 28.9 Å². The predicted octanol–water partition coefficient (Wildman–Crippen LogP) is 1.55. The van der Waals surface area contributed by atoms with Crippen molar-refractivity contribution >= 4 is 11.8 Å². The van der Waals surface area contributed by atoms with Crippen LogP contribution in [0.5, 0.6) is 0 Å². The summed E-state index contributed by atoms with van der Waals surface area (Å²) >= 11 is 0. The highest BCUT2D eigenvalue weighted by atomic mass is 16.2. The largest absolute Gasteiger partial charge is 0.341 e. The number of carbonyl (C=O) groups excluding carboxylic acids is 2. The molecule has 2 amide bonds. The lowest BCUT2D eigenvalue weighted by molar-refractivity contribution is -0.135. The van der Waals surface area contributed by atoms with Crippen molar-refractivity contribution in [1.29, 1.82) is 0 Å². The van der Waals surface area contributed by atoms with E-state index in [4.69, 9.17) is 0 Å². The molecule has 0 unspecified atom stereocenters. The number of aromatic nitrogens is 1. The molecule has 1 aromatic rings. The molecule has 0 atom stereocenters. The van der Waals surface area contributed by atoms with Gasteiger partial charge in [-0.3, -0.25) is 14.4 Å². The van der Waals surface area contributed by atoms with Gasteiger partial charge in [0.05, 0.1) is 0 Å². The van der Waals surface area contributed by atoms with Gasteiger partial charge in [-0.05, 0) is 38.3 Å². The van der Waals surface area contributed by atoms with E-state index < -0.39 is 0 Å². The van der Waals surface area contributed by atoms with Gasteiger partial charge in [0, 0.05) is 37.8 Å². The van der Waals surface area contributed by atoms with Crippen LogP contribution in [0.1, 0.15) is 48.2 Å². The van der Waals surface area contributed by atoms with Crippen molar-refractivity contribution < 1.29 is 9.59 Å². The molecular weight excluding hydrogens is 306 g/mol. The van der Waals surface area contributed by atoms with Gasteiger partial charge in [0.25, 0.3) is 11.5 Å². The van der Waals surface area contributed by atoms with Crippen LogP contribution >= 0.6 is 0 Å². The van der Waals surface area contributed by atoms with Gasteiger partial charge in [-0.25, -0.2) is 0 Å². The number of nitrogens with one attached hydrogen (secondary N) is 1. The Labute approximate surface area is 141 Å². The minimum Gasteiger partial charge on any atom is -0.341 e. The van der Waals surface area contributed by atoms with Crippen LogP contribution in [0.3, 0.4) is 0 Å². The molecule has 2 aliphatic rings. The molecule has 0 spiro atoms. The molecule has 2 heterocycles. The van der Waals surface area contributed by atoms with E-state index in [0.717, 1.165) is 37.8 Å². The fourth-order valence-corrected chi connectivity index (χ4v) is 3.68. The number of nitrogens with zero attached hydrogens (tertiary/aromatic N) is 2. The van der Waals surface area contributed by atoms with Crippen LogP contribution in [-0.4, -0.2) is 52.8 Å². The highest BCUT2D eigenvalue weighted by molar-refractivity contribution is 5.94. The summed E-state index contributed by atoms with van der Waals surface area (Å²) in [5.74, 6) is 0.175. The van der Waals surface area contributed by atoms with Crippen LogP contribution < -0.4 is 5.56 Å². The van der Waals surface area contributed by atoms with Crippen molar-refractivity contribution in [3.63, 3.8) is 0 Å². The second kappa shape index (κ2) is 7.20. The summed E-state index contributed by atoms with van der Waals surface area (Å²) in [5.41, 5.74) is 0.569. The van der Waals surface area contributed by atoms with E-state index in [2.05, 4.69) is 4.98 Å². The Morgan fingerprint density at radius 3 is 2.38 bits per heavy atom. The minimum atomic E-state index is -0.344. The molecule has 1 aromatic heterocycles. The van der Waals surface area contributed by atoms with Crippen LogP contribution in [0.4, 0.5) is 0 Å². The molecule has 1 saturated carbocycles. The Kier molecular flexibility index (Phi) is 5.02. The predicted molar refractivity (Wildman–Crippen MR) is 90.9 cm³/mol. The minimum absolute atomic E-state index is 0.173. The summed E-state index contributed by atoms with van der Waals surface area (Å²) in [6.45, 7) is 4.12. The number of amides is 2. The number of rotatable bonds is 2. The first-order chi connectivity index (χ1) is 11.6. The second-order valence-corrected chi connectivity index (χ2v) is 6.84. The Balaban J connectivity index is 1.65. The lowest BCUT2D eigenvalue weighted by atomic mass is 10.1. The van der Waals surface area contributed by atoms with Gasteiger partial charge in [0.1, 0.15) is 5.56 Å². The summed E-state index contributed by atoms with van der Waals surface area (Å²) in [4.78, 5) is 43.4. The first-order valence-electron chi connectivity index (χ1n) is 8.84. The second-order valence-electron chi connectivity index (χ2n) is 6.84. The molecule has 2 fully saturated rings. The van der Waals surface area contributed by atoms with Crippen LogP contribution in [0.2, 0.25) is 0 Å². The van der Waals surface area contributed by atoms with Gasteiger partial charge in [-0.2, -0.15) is 0 Å². The average molecular weight is 331 g/mol. The topological polar surface area (TPSA) is 73.5 Å². The Morgan fingerprint density at radius 2 is 1.67 bits per heavy atom. The first-order valence-corrected chi connectivity index (χ1v) is 8.84. The maximum Gasteiger partial charge on any atom is 0.260 e. The summed E-state index contributed by atoms with van der Waals surface area (Å²) in [6.07, 6.45) is 5.04. The number of H-pyrrole nitrogens is 1. The fourth-order valence-electron chi connectivity index (χ4n) is 3.68. The van der Waals surface area contributed by atoms with Crippen molar-refractivity contribution in [3.05, 3.63) is 33.7 Å². The van der Waals surface area contributed by atoms with Crippen LogP contribution in [0.25, 0.3) is 0 Å². The molecule has 6 nitrogen and oxygen atoms in total. The first kappa shape index (κ1) is 16.7. The number of carbonyl (C=O) groups is 2. The highest BCUT2D eigenvalue weighted by Crippen LogP contribution is 2.27. The zero-order valence-electron chi connectivity index (χ0n) is 14.2. The number of hydrogen-bond acceptors (Lipinski definition) is 3. The molecule has 130 valence electrons. The zero-order valence-corrected chi connectivity index (χ0v) is 14.2. The molecule has 0 bridgehead atoms. The standard InChI is InChI=1S/C18H25N3O3/c1-13-7-8-15(16(22)19-13)18(24)21-10-4-9-20(11-12-21)17(23)14-5-2-3-6-14/h7-8,14H,2-6,9-12H2,1H3,(H,19,22). The number of aromatic amines is 1. The van der Waals surface area contributed by atoms with Crippen LogP contribution in [0, 0.1) is 12.8 Å². The third-order valence-corrected chi connectivity index (χ3v) is 5.08. The summed E-state index contributed by atoms with van der Waals surface area (Å²) in [6, 6.07) is 3.32. The van der Waals surface area contributed by atoms with Crippen molar-refractivity contribution in [2.24, 2.45) is 5.92 Å². The number of aryl methyl sites for hydroxylation is 1. The smallest absolute Gasteiger partial charge is 0.260 e. The van der Waals surface area contributed by atoms with Gasteiger partial charge in [0.15, 0.2) is 0 Å². The van der Waals surface area contributed by atoms with E-state index in [0.29, 0.717) is 26.2 Å². The van der Waals surface area contributed by atoms with Crippen molar-refractivity contribution in [2.45, 2.75) is 39.0 Å². The van der Waals surface area contributed by atoms with Gasteiger partial charge < -0.3 is 14.8 Å². The van der Waals surface area contributed by atoms with E-state index in [1.54, 1.807) is 24.0 Å². The van der Waals surface area contributed by atoms with E-state index in [9.17, 15) is 14.4 Å². The van der Waals surface area contributed by atoms with E-state index in [1.165, 1.54) is 0 Å². The molecule has 0 aromatic carbocycles. The normalized spacial score (nSPS) is 19.4. The summed E-state index contributed by atoms with van der Waals surface area (Å²) < 4.78 is 0. The van der Waals surface area contributed by atoms with Gasteiger partial charge >= 0.3 is 0 Å². The molecule has 0 radical (unpaired) electrons. The van der Waals surface area contributed by atoms with Crippen LogP contribution in [-0.2, 0) is 4.79 Å². The molecule has 3 rings (SSSR count). The van der Waals surface area contributed by atoms with Crippen LogP contribution in [0.15, 0.2) is 16.9 Å². The summed E-state index contributed by atoms with van der Waals surface area (Å²) in [7, 11) is 0. The highest BCUT2D eigenvalue weighted by Gasteiger charge is 2.29. The monoisotopic (exact) mass is 331 g/mol. The fraction of sp³-hybridized carbons (Fsp3) is 0.611. The molecule has 1 aliphatic carbocycles. The maximum absolute atomic E-state index is 12.6. The Hall–Kier alpha value is -2.11. The van der Waals surface area contributed by atoms with Crippen molar-refractivity contribution in [3.8, 4) is 0 Å². The molecule has 24 heavy (non-hydrogen) atoms. The molecular formula is C18H25N3O3. The van der Waals surface area contributed by atoms with Crippen molar-refractivity contribution in [2.75, 3.05) is 26.2 Å². The number of pyridine rings is 1. The lowest BCUT2D eigenvalue weighted by Crippen LogP contribution is -2.40. The van der Waals surface area contributed by atoms with Gasteiger partial charge in [0.2, 0.25) is 5.91 Å². The van der Waals surface area contributed by atoms with E-state index in [1.807, 2.05) is 4.90 Å². The molecule has 6 heteroatoms. The molecule has 1 saturated heterocycles. The lowest BCUT2D eigenvalue weighted by Gasteiger charge is -2.24.